The Labute approximate surface area is 186 Å². The van der Waals surface area contributed by atoms with E-state index >= 15 is 0 Å². The summed E-state index contributed by atoms with van der Waals surface area (Å²) in [5.41, 5.74) is 0. The monoisotopic (exact) mass is 467 g/mol. The normalized spacial score (nSPS) is 12.0. The highest BCUT2D eigenvalue weighted by Gasteiger charge is 2.32. The van der Waals surface area contributed by atoms with Gasteiger partial charge in [-0.2, -0.15) is 0 Å². The first-order chi connectivity index (χ1) is 12.4. The van der Waals surface area contributed by atoms with Gasteiger partial charge in [-0.15, -0.1) is 0 Å². The number of nitrogens with zero attached hydrogens (tertiary/aromatic N) is 1. The standard InChI is InChI=1S/C23H48NO2.BrH.H2O/c1-6-8-10-11-12-13-14-15-16-17-18-19-20-22(24(3,4)5)23(25)26-21-9-7-2;;/h22H,6-21H2,1-5H3;1H;1H2/q+1;;/p-1. The van der Waals surface area contributed by atoms with Crippen LogP contribution in [-0.2, 0) is 9.53 Å². The topological polar surface area (TPSA) is 57.8 Å². The summed E-state index contributed by atoms with van der Waals surface area (Å²) in [4.78, 5) is 12.4. The van der Waals surface area contributed by atoms with Crippen LogP contribution in [0.5, 0.6) is 0 Å². The summed E-state index contributed by atoms with van der Waals surface area (Å²) in [5, 5.41) is 0. The van der Waals surface area contributed by atoms with E-state index in [2.05, 4.69) is 35.0 Å². The molecule has 28 heavy (non-hydrogen) atoms. The first-order valence-electron chi connectivity index (χ1n) is 11.4. The Kier molecular flexibility index (Phi) is 25.1. The van der Waals surface area contributed by atoms with Crippen LogP contribution in [0.3, 0.4) is 0 Å². The first-order valence-corrected chi connectivity index (χ1v) is 11.4. The molecule has 2 N–H and O–H groups in total. The van der Waals surface area contributed by atoms with Crippen molar-refractivity contribution in [3.05, 3.63) is 0 Å². The van der Waals surface area contributed by atoms with Gasteiger partial charge < -0.3 is 31.7 Å². The number of ether oxygens (including phenoxy) is 1. The van der Waals surface area contributed by atoms with E-state index in [-0.39, 0.29) is 34.5 Å². The molecule has 0 spiro atoms. The van der Waals surface area contributed by atoms with Crippen LogP contribution in [0.15, 0.2) is 0 Å². The van der Waals surface area contributed by atoms with Gasteiger partial charge in [-0.05, 0) is 12.8 Å². The van der Waals surface area contributed by atoms with Crippen molar-refractivity contribution >= 4 is 5.97 Å². The summed E-state index contributed by atoms with van der Waals surface area (Å²) in [6.07, 6.45) is 19.2. The maximum Gasteiger partial charge on any atom is 0.364 e. The van der Waals surface area contributed by atoms with Crippen molar-refractivity contribution in [2.75, 3.05) is 27.7 Å². The third-order valence-corrected chi connectivity index (χ3v) is 5.28. The van der Waals surface area contributed by atoms with Crippen LogP contribution in [0.1, 0.15) is 110 Å². The van der Waals surface area contributed by atoms with Crippen molar-refractivity contribution < 1.29 is 36.5 Å². The summed E-state index contributed by atoms with van der Waals surface area (Å²) in [5.74, 6) is -0.00553. The zero-order valence-corrected chi connectivity index (χ0v) is 21.1. The smallest absolute Gasteiger partial charge is 0.364 e. The van der Waals surface area contributed by atoms with Gasteiger partial charge in [-0.1, -0.05) is 90.9 Å². The van der Waals surface area contributed by atoms with E-state index < -0.39 is 0 Å². The molecule has 5 heteroatoms. The van der Waals surface area contributed by atoms with Gasteiger partial charge in [0.05, 0.1) is 27.7 Å². The average molecular weight is 469 g/mol. The highest BCUT2D eigenvalue weighted by Crippen LogP contribution is 2.17. The van der Waals surface area contributed by atoms with Crippen molar-refractivity contribution in [1.82, 2.24) is 0 Å². The van der Waals surface area contributed by atoms with Crippen molar-refractivity contribution in [2.24, 2.45) is 0 Å². The van der Waals surface area contributed by atoms with Crippen molar-refractivity contribution in [3.63, 3.8) is 0 Å². The predicted molar refractivity (Wildman–Crippen MR) is 117 cm³/mol. The van der Waals surface area contributed by atoms with Crippen LogP contribution < -0.4 is 17.0 Å². The molecule has 0 aliphatic heterocycles. The fraction of sp³-hybridized carbons (Fsp3) is 0.957. The predicted octanol–water partition coefficient (Wildman–Crippen LogP) is 2.68. The molecule has 0 heterocycles. The largest absolute Gasteiger partial charge is 1.00 e. The zero-order chi connectivity index (χ0) is 19.7. The summed E-state index contributed by atoms with van der Waals surface area (Å²) >= 11 is 0. The Morgan fingerprint density at radius 3 is 1.50 bits per heavy atom. The maximum absolute atomic E-state index is 12.4. The lowest BCUT2D eigenvalue weighted by Crippen LogP contribution is -3.00. The molecule has 0 aromatic rings. The first kappa shape index (κ1) is 32.5. The quantitative estimate of drug-likeness (QED) is 0.176. The van der Waals surface area contributed by atoms with Crippen molar-refractivity contribution in [1.29, 1.82) is 0 Å². The SMILES string of the molecule is CCCCCCCCCCCCCCC(C(=O)OCCCC)[N+](C)(C)C.O.[Br-]. The van der Waals surface area contributed by atoms with Gasteiger partial charge in [-0.3, -0.25) is 0 Å². The highest BCUT2D eigenvalue weighted by molar-refractivity contribution is 5.74. The molecular formula is C23H50BrNO3. The minimum Gasteiger partial charge on any atom is -1.00 e. The molecule has 0 bridgehead atoms. The van der Waals surface area contributed by atoms with Crippen molar-refractivity contribution in [2.45, 2.75) is 116 Å². The number of halogens is 1. The van der Waals surface area contributed by atoms with Crippen molar-refractivity contribution in [3.8, 4) is 0 Å². The van der Waals surface area contributed by atoms with Gasteiger partial charge in [0.2, 0.25) is 0 Å². The summed E-state index contributed by atoms with van der Waals surface area (Å²) in [6.45, 7) is 4.97. The second-order valence-corrected chi connectivity index (χ2v) is 8.83. The Hall–Kier alpha value is -0.130. The molecule has 0 saturated heterocycles. The lowest BCUT2D eigenvalue weighted by Gasteiger charge is -2.32. The summed E-state index contributed by atoms with van der Waals surface area (Å²) in [6, 6.07) is -0.0185. The molecule has 0 aromatic heterocycles. The number of hydrogen-bond donors (Lipinski definition) is 0. The molecule has 0 aliphatic rings. The van der Waals surface area contributed by atoms with E-state index in [4.69, 9.17) is 4.74 Å². The molecule has 0 aliphatic carbocycles. The Balaban J connectivity index is -0.00000312. The molecule has 172 valence electrons. The number of rotatable bonds is 18. The van der Waals surface area contributed by atoms with Crippen LogP contribution in [0.25, 0.3) is 0 Å². The number of esters is 1. The molecule has 4 nitrogen and oxygen atoms in total. The van der Waals surface area contributed by atoms with Crippen LogP contribution >= 0.6 is 0 Å². The van der Waals surface area contributed by atoms with Gasteiger partial charge in [0.1, 0.15) is 0 Å². The van der Waals surface area contributed by atoms with E-state index in [0.717, 1.165) is 25.7 Å². The molecule has 0 saturated carbocycles. The van der Waals surface area contributed by atoms with Crippen LogP contribution in [0, 0.1) is 0 Å². The third kappa shape index (κ3) is 19.2. The number of carbonyl (C=O) groups is 1. The summed E-state index contributed by atoms with van der Waals surface area (Å²) in [7, 11) is 6.31. The average Bonchev–Trinajstić information content (AvgIpc) is 2.58. The second-order valence-electron chi connectivity index (χ2n) is 8.83. The van der Waals surface area contributed by atoms with Gasteiger partial charge in [0, 0.05) is 6.42 Å². The Bertz CT molecular complexity index is 332. The van der Waals surface area contributed by atoms with E-state index in [9.17, 15) is 4.79 Å². The molecule has 0 amide bonds. The van der Waals surface area contributed by atoms with E-state index in [1.54, 1.807) is 0 Å². The van der Waals surface area contributed by atoms with Crippen LogP contribution in [0.4, 0.5) is 0 Å². The Morgan fingerprint density at radius 1 is 0.714 bits per heavy atom. The van der Waals surface area contributed by atoms with Gasteiger partial charge in [0.15, 0.2) is 6.04 Å². The van der Waals surface area contributed by atoms with E-state index in [1.165, 1.54) is 70.6 Å². The number of quaternary nitrogens is 1. The second kappa shape index (κ2) is 21.6. The minimum absolute atomic E-state index is 0. The fourth-order valence-corrected chi connectivity index (χ4v) is 3.41. The fourth-order valence-electron chi connectivity index (χ4n) is 3.41. The molecule has 1 unspecified atom stereocenters. The van der Waals surface area contributed by atoms with Crippen LogP contribution in [0.2, 0.25) is 0 Å². The lowest BCUT2D eigenvalue weighted by molar-refractivity contribution is -0.887. The molecular weight excluding hydrogens is 418 g/mol. The minimum atomic E-state index is -0.0185. The molecule has 0 radical (unpaired) electrons. The van der Waals surface area contributed by atoms with E-state index in [0.29, 0.717) is 11.1 Å². The number of hydrogen-bond acceptors (Lipinski definition) is 2. The van der Waals surface area contributed by atoms with Gasteiger partial charge in [-0.25, -0.2) is 4.79 Å². The number of unbranched alkanes of at least 4 members (excludes halogenated alkanes) is 12. The molecule has 0 aromatic carbocycles. The number of carbonyl (C=O) groups excluding carboxylic acids is 1. The van der Waals surface area contributed by atoms with Gasteiger partial charge >= 0.3 is 5.97 Å². The van der Waals surface area contributed by atoms with Gasteiger partial charge in [0.25, 0.3) is 0 Å². The molecule has 0 rings (SSSR count). The lowest BCUT2D eigenvalue weighted by atomic mass is 10.0. The molecule has 1 atom stereocenters. The molecule has 0 fully saturated rings. The van der Waals surface area contributed by atoms with Crippen LogP contribution in [-0.4, -0.2) is 49.7 Å². The third-order valence-electron chi connectivity index (χ3n) is 5.28. The Morgan fingerprint density at radius 2 is 1.11 bits per heavy atom. The zero-order valence-electron chi connectivity index (χ0n) is 19.5. The maximum atomic E-state index is 12.4. The highest BCUT2D eigenvalue weighted by atomic mass is 79.9. The number of likely N-dealkylation sites (N-methyl/N-ethyl adjacent to an activating group) is 1. The van der Waals surface area contributed by atoms with E-state index in [1.807, 2.05) is 0 Å². The summed E-state index contributed by atoms with van der Waals surface area (Å²) < 4.78 is 6.14.